The molecule has 0 spiro atoms. The van der Waals surface area contributed by atoms with Crippen molar-refractivity contribution in [1.82, 2.24) is 9.47 Å². The van der Waals surface area contributed by atoms with E-state index in [2.05, 4.69) is 28.8 Å². The molecule has 3 aromatic rings. The van der Waals surface area contributed by atoms with Crippen LogP contribution in [0.2, 0.25) is 5.31 Å². The minimum absolute atomic E-state index is 0.195. The number of rotatable bonds is 3. The van der Waals surface area contributed by atoms with Gasteiger partial charge in [0.05, 0.1) is 24.5 Å². The van der Waals surface area contributed by atoms with Gasteiger partial charge >= 0.3 is 5.97 Å². The summed E-state index contributed by atoms with van der Waals surface area (Å²) in [4.78, 5) is 28.0. The maximum absolute atomic E-state index is 14.1. The highest BCUT2D eigenvalue weighted by molar-refractivity contribution is 6.64. The van der Waals surface area contributed by atoms with Crippen LogP contribution in [-0.4, -0.2) is 60.0 Å². The Balaban J connectivity index is 1.47. The van der Waals surface area contributed by atoms with E-state index in [1.807, 2.05) is 17.0 Å². The minimum atomic E-state index is -0.913. The largest absolute Gasteiger partial charge is 0.478 e. The van der Waals surface area contributed by atoms with Crippen molar-refractivity contribution in [2.45, 2.75) is 55.7 Å². The highest BCUT2D eigenvalue weighted by Crippen LogP contribution is 2.65. The minimum Gasteiger partial charge on any atom is -0.478 e. The van der Waals surface area contributed by atoms with E-state index in [1.165, 1.54) is 41.6 Å². The summed E-state index contributed by atoms with van der Waals surface area (Å²) in [6.45, 7) is 3.07. The quantitative estimate of drug-likeness (QED) is 0.555. The number of aromatic carboxylic acids is 1. The third-order valence-corrected chi connectivity index (χ3v) is 9.20. The summed E-state index contributed by atoms with van der Waals surface area (Å²) >= 11 is 0. The SMILES string of the molecule is O=C(O)c1ccc2c(C3CCCCC3)c3n(c2c1)C[C@]1(C(=O)N2CCOCC2)B[C@@H]1c1ccccc1-3. The molecule has 2 saturated heterocycles. The smallest absolute Gasteiger partial charge is 0.335 e. The molecule has 1 saturated carbocycles. The van der Waals surface area contributed by atoms with Crippen LogP contribution in [0.3, 0.4) is 0 Å². The Bertz CT molecular complexity index is 1390. The first-order valence-electron chi connectivity index (χ1n) is 13.4. The fraction of sp³-hybridized carbons (Fsp3) is 0.448. The molecule has 1 N–H and O–H groups in total. The van der Waals surface area contributed by atoms with E-state index in [0.717, 1.165) is 31.0 Å². The van der Waals surface area contributed by atoms with Crippen molar-refractivity contribution in [1.29, 1.82) is 0 Å². The number of carboxylic acids is 1. The van der Waals surface area contributed by atoms with Gasteiger partial charge < -0.3 is 19.3 Å². The second-order valence-corrected chi connectivity index (χ2v) is 11.1. The number of hydrogen-bond donors (Lipinski definition) is 1. The van der Waals surface area contributed by atoms with Gasteiger partial charge in [-0.15, -0.1) is 0 Å². The Morgan fingerprint density at radius 2 is 1.81 bits per heavy atom. The van der Waals surface area contributed by atoms with Crippen LogP contribution in [0.4, 0.5) is 0 Å². The van der Waals surface area contributed by atoms with Crippen LogP contribution in [0.1, 0.15) is 65.3 Å². The normalized spacial score (nSPS) is 25.3. The van der Waals surface area contributed by atoms with Gasteiger partial charge in [-0.1, -0.05) is 49.6 Å². The molecule has 1 aromatic heterocycles. The second kappa shape index (κ2) is 8.24. The first kappa shape index (κ1) is 22.2. The third kappa shape index (κ3) is 3.21. The lowest BCUT2D eigenvalue weighted by atomic mass is 9.80. The lowest BCUT2D eigenvalue weighted by molar-refractivity contribution is -0.137. The molecule has 1 amide bonds. The van der Waals surface area contributed by atoms with Crippen LogP contribution in [0.15, 0.2) is 42.5 Å². The van der Waals surface area contributed by atoms with Crippen molar-refractivity contribution < 1.29 is 19.4 Å². The molecule has 4 aliphatic rings. The summed E-state index contributed by atoms with van der Waals surface area (Å²) in [5.41, 5.74) is 6.35. The molecule has 2 atom stereocenters. The van der Waals surface area contributed by atoms with E-state index >= 15 is 0 Å². The zero-order valence-corrected chi connectivity index (χ0v) is 20.5. The highest BCUT2D eigenvalue weighted by atomic mass is 16.5. The molecule has 4 heterocycles. The van der Waals surface area contributed by atoms with Crippen LogP contribution in [-0.2, 0) is 16.1 Å². The van der Waals surface area contributed by atoms with Crippen LogP contribution in [0.5, 0.6) is 0 Å². The van der Waals surface area contributed by atoms with E-state index in [-0.39, 0.29) is 11.7 Å². The fourth-order valence-corrected chi connectivity index (χ4v) is 7.34. The number of carbonyl (C=O) groups excluding carboxylic acids is 1. The molecule has 3 fully saturated rings. The fourth-order valence-electron chi connectivity index (χ4n) is 7.34. The lowest BCUT2D eigenvalue weighted by Crippen LogP contribution is -2.44. The van der Waals surface area contributed by atoms with E-state index in [9.17, 15) is 14.7 Å². The number of carboxylic acid groups (broad SMARTS) is 1. The van der Waals surface area contributed by atoms with E-state index in [4.69, 9.17) is 4.74 Å². The van der Waals surface area contributed by atoms with Crippen molar-refractivity contribution in [2.24, 2.45) is 0 Å². The number of fused-ring (bicyclic) bond motifs is 7. The van der Waals surface area contributed by atoms with Gasteiger partial charge in [0.15, 0.2) is 7.28 Å². The van der Waals surface area contributed by atoms with E-state index in [1.54, 1.807) is 6.07 Å². The van der Waals surface area contributed by atoms with Gasteiger partial charge in [-0.2, -0.15) is 0 Å². The molecule has 7 rings (SSSR count). The van der Waals surface area contributed by atoms with Gasteiger partial charge in [0.1, 0.15) is 0 Å². The lowest BCUT2D eigenvalue weighted by Gasteiger charge is -2.32. The predicted octanol–water partition coefficient (Wildman–Crippen LogP) is 4.58. The standard InChI is InChI=1S/C29H31BN2O4/c33-27(34)19-10-11-22-23(16-19)32-17-29(28(35)31-12-14-36-15-13-31)26(30-29)21-9-5-4-8-20(21)25(32)24(22)18-6-2-1-3-7-18/h4-5,8-11,16,18,26,30H,1-3,6-7,12-15,17H2,(H,33,34)/t26-,29+/m1/s1. The number of nitrogens with zero attached hydrogens (tertiary/aromatic N) is 2. The first-order chi connectivity index (χ1) is 17.6. The zero-order valence-electron chi connectivity index (χ0n) is 20.5. The molecular weight excluding hydrogens is 451 g/mol. The summed E-state index contributed by atoms with van der Waals surface area (Å²) in [6, 6.07) is 14.2. The summed E-state index contributed by atoms with van der Waals surface area (Å²) in [5.74, 6) is -0.0274. The van der Waals surface area contributed by atoms with E-state index < -0.39 is 11.3 Å². The molecule has 0 unspecified atom stereocenters. The highest BCUT2D eigenvalue weighted by Gasteiger charge is 2.64. The van der Waals surface area contributed by atoms with E-state index in [0.29, 0.717) is 44.3 Å². The molecule has 184 valence electrons. The molecular formula is C29H31BN2O4. The molecule has 6 nitrogen and oxygen atoms in total. The number of benzene rings is 2. The van der Waals surface area contributed by atoms with Gasteiger partial charge in [-0.3, -0.25) is 4.79 Å². The van der Waals surface area contributed by atoms with Gasteiger partial charge in [-0.05, 0) is 47.8 Å². The summed E-state index contributed by atoms with van der Waals surface area (Å²) in [5, 5.41) is 10.5. The molecule has 2 aromatic carbocycles. The summed E-state index contributed by atoms with van der Waals surface area (Å²) in [7, 11) is 0.844. The molecule has 36 heavy (non-hydrogen) atoms. The average Bonchev–Trinajstić information content (AvgIpc) is 3.59. The van der Waals surface area contributed by atoms with Crippen molar-refractivity contribution in [3.05, 3.63) is 59.2 Å². The van der Waals surface area contributed by atoms with Crippen LogP contribution in [0.25, 0.3) is 22.2 Å². The number of morpholine rings is 1. The zero-order chi connectivity index (χ0) is 24.4. The number of aromatic nitrogens is 1. The molecule has 0 bridgehead atoms. The number of ether oxygens (including phenoxy) is 1. The predicted molar refractivity (Wildman–Crippen MR) is 140 cm³/mol. The Morgan fingerprint density at radius 1 is 1.03 bits per heavy atom. The Kier molecular flexibility index (Phi) is 5.07. The number of carbonyl (C=O) groups is 2. The van der Waals surface area contributed by atoms with Gasteiger partial charge in [-0.25, -0.2) is 4.79 Å². The first-order valence-corrected chi connectivity index (χ1v) is 13.4. The number of hydrogen-bond acceptors (Lipinski definition) is 3. The maximum Gasteiger partial charge on any atom is 0.335 e. The van der Waals surface area contributed by atoms with Crippen molar-refractivity contribution in [3.8, 4) is 11.3 Å². The Labute approximate surface area is 211 Å². The molecule has 3 aliphatic heterocycles. The average molecular weight is 482 g/mol. The molecule has 7 heteroatoms. The van der Waals surface area contributed by atoms with Gasteiger partial charge in [0.2, 0.25) is 5.91 Å². The maximum atomic E-state index is 14.1. The third-order valence-electron chi connectivity index (χ3n) is 9.20. The Hall–Kier alpha value is -3.06. The van der Waals surface area contributed by atoms with Crippen molar-refractivity contribution in [2.75, 3.05) is 26.3 Å². The monoisotopic (exact) mass is 482 g/mol. The van der Waals surface area contributed by atoms with Crippen LogP contribution >= 0.6 is 0 Å². The van der Waals surface area contributed by atoms with Crippen LogP contribution in [0, 0.1) is 0 Å². The van der Waals surface area contributed by atoms with Crippen LogP contribution < -0.4 is 0 Å². The second-order valence-electron chi connectivity index (χ2n) is 11.1. The number of amides is 1. The topological polar surface area (TPSA) is 71.8 Å². The van der Waals surface area contributed by atoms with Crippen molar-refractivity contribution >= 4 is 30.1 Å². The van der Waals surface area contributed by atoms with Crippen molar-refractivity contribution in [3.63, 3.8) is 0 Å². The van der Waals surface area contributed by atoms with Gasteiger partial charge in [0.25, 0.3) is 0 Å². The molecule has 0 radical (unpaired) electrons. The summed E-state index contributed by atoms with van der Waals surface area (Å²) in [6.07, 6.45) is 6.07. The summed E-state index contributed by atoms with van der Waals surface area (Å²) < 4.78 is 7.86. The van der Waals surface area contributed by atoms with Gasteiger partial charge in [0, 0.05) is 41.4 Å². The molecule has 1 aliphatic carbocycles. The Morgan fingerprint density at radius 3 is 2.58 bits per heavy atom.